The second-order valence-electron chi connectivity index (χ2n) is 5.16. The van der Waals surface area contributed by atoms with Crippen molar-refractivity contribution < 1.29 is 18.4 Å². The van der Waals surface area contributed by atoms with E-state index in [1.165, 1.54) is 0 Å². The maximum atomic E-state index is 11.1. The van der Waals surface area contributed by atoms with Crippen molar-refractivity contribution in [3.05, 3.63) is 27.7 Å². The molecule has 0 amide bonds. The van der Waals surface area contributed by atoms with Crippen molar-refractivity contribution in [1.82, 2.24) is 0 Å². The van der Waals surface area contributed by atoms with E-state index in [-0.39, 0.29) is 11.7 Å². The highest BCUT2D eigenvalue weighted by Gasteiger charge is 2.35. The third-order valence-corrected chi connectivity index (χ3v) is 5.32. The number of halogens is 1. The maximum absolute atomic E-state index is 11.1. The van der Waals surface area contributed by atoms with Gasteiger partial charge in [0.1, 0.15) is 12.0 Å². The van der Waals surface area contributed by atoms with Gasteiger partial charge in [0.05, 0.1) is 7.11 Å². The second-order valence-corrected chi connectivity index (χ2v) is 7.83. The van der Waals surface area contributed by atoms with Crippen molar-refractivity contribution in [3.8, 4) is 5.75 Å². The molecule has 0 spiro atoms. The highest BCUT2D eigenvalue weighted by molar-refractivity contribution is 9.10. The molecule has 21 heavy (non-hydrogen) atoms. The molecule has 1 rings (SSSR count). The number of ether oxygens (including phenoxy) is 1. The van der Waals surface area contributed by atoms with Gasteiger partial charge in [0.25, 0.3) is 0 Å². The Bertz CT molecular complexity index is 488. The molecule has 0 bridgehead atoms. The van der Waals surface area contributed by atoms with Gasteiger partial charge in [-0.25, -0.2) is 0 Å². The van der Waals surface area contributed by atoms with Gasteiger partial charge in [-0.05, 0) is 12.1 Å². The van der Waals surface area contributed by atoms with Crippen LogP contribution in [-0.4, -0.2) is 39.2 Å². The van der Waals surface area contributed by atoms with Gasteiger partial charge in [-0.3, -0.25) is 4.79 Å². The first-order chi connectivity index (χ1) is 9.92. The molecule has 0 heterocycles. The summed E-state index contributed by atoms with van der Waals surface area (Å²) in [6, 6.07) is 3.68. The molecule has 1 aromatic rings. The Morgan fingerprint density at radius 3 is 2.24 bits per heavy atom. The van der Waals surface area contributed by atoms with Crippen LogP contribution in [0.2, 0.25) is 13.1 Å². The molecule has 0 aliphatic carbocycles. The van der Waals surface area contributed by atoms with Crippen molar-refractivity contribution in [2.24, 2.45) is 0 Å². The molecule has 0 fully saturated rings. The topological polar surface area (TPSA) is 44.8 Å². The van der Waals surface area contributed by atoms with Gasteiger partial charge in [-0.1, -0.05) is 42.9 Å². The van der Waals surface area contributed by atoms with Crippen LogP contribution in [0.4, 0.5) is 0 Å². The largest absolute Gasteiger partial charge is 0.496 e. The predicted octanol–water partition coefficient (Wildman–Crippen LogP) is 2.17. The van der Waals surface area contributed by atoms with Crippen molar-refractivity contribution in [2.45, 2.75) is 38.6 Å². The fraction of sp³-hybridized carbons (Fsp3) is 0.500. The van der Waals surface area contributed by atoms with E-state index >= 15 is 0 Å². The van der Waals surface area contributed by atoms with Gasteiger partial charge >= 0.3 is 0 Å². The summed E-state index contributed by atoms with van der Waals surface area (Å²) in [7, 11) is 0.428. The van der Waals surface area contributed by atoms with Gasteiger partial charge in [-0.2, -0.15) is 0 Å². The molecule has 0 radical (unpaired) electrons. The minimum Gasteiger partial charge on any atom is -0.496 e. The minimum atomic E-state index is -0.590. The zero-order valence-electron chi connectivity index (χ0n) is 13.2. The van der Waals surface area contributed by atoms with Crippen LogP contribution in [0, 0.1) is 0 Å². The number of aldehydes is 1. The highest BCUT2D eigenvalue weighted by atomic mass is 79.9. The van der Waals surface area contributed by atoms with Gasteiger partial charge in [0, 0.05) is 21.0 Å². The van der Waals surface area contributed by atoms with Gasteiger partial charge in [-0.15, -0.1) is 0 Å². The summed E-state index contributed by atoms with van der Waals surface area (Å²) < 4.78 is 18.0. The Morgan fingerprint density at radius 2 is 1.81 bits per heavy atom. The molecule has 4 nitrogen and oxygen atoms in total. The molecule has 0 aliphatic rings. The van der Waals surface area contributed by atoms with Crippen molar-refractivity contribution in [3.63, 3.8) is 0 Å². The lowest BCUT2D eigenvalue weighted by atomic mass is 9.83. The first kappa shape index (κ1) is 18.6. The Kier molecular flexibility index (Phi) is 7.28. The molecule has 0 unspecified atom stereocenters. The first-order valence-electron chi connectivity index (χ1n) is 6.98. The van der Waals surface area contributed by atoms with Gasteiger partial charge in [0.2, 0.25) is 0 Å². The third kappa shape index (κ3) is 4.26. The quantitative estimate of drug-likeness (QED) is 0.387. The molecule has 7 heteroatoms. The van der Waals surface area contributed by atoms with Crippen LogP contribution >= 0.6 is 15.9 Å². The fourth-order valence-corrected chi connectivity index (χ4v) is 4.49. The highest BCUT2D eigenvalue weighted by Crippen LogP contribution is 2.38. The summed E-state index contributed by atoms with van der Waals surface area (Å²) in [5, 5.41) is 0. The minimum absolute atomic E-state index is 0.270. The zero-order valence-corrected chi connectivity index (χ0v) is 17.6. The summed E-state index contributed by atoms with van der Waals surface area (Å²) in [6.45, 7) is 8.34. The van der Waals surface area contributed by atoms with Crippen LogP contribution < -0.4 is 4.74 Å². The molecule has 0 saturated carbocycles. The average Bonchev–Trinajstić information content (AvgIpc) is 2.46. The predicted molar refractivity (Wildman–Crippen MR) is 93.9 cm³/mol. The van der Waals surface area contributed by atoms with E-state index in [0.29, 0.717) is 11.3 Å². The third-order valence-electron chi connectivity index (χ3n) is 3.37. The lowest BCUT2D eigenvalue weighted by Gasteiger charge is -2.36. The number of methoxy groups -OCH3 is 1. The molecular formula is C14H23BrO4Si2. The standard InChI is InChI=1S/C14H23BrO4Si2/c1-14(2,13(18-20-4)19-21-5)10-7-11(15)9(8-16)6-12(10)17-3/h6-8,13H,20-21H2,1-5H3. The van der Waals surface area contributed by atoms with Crippen molar-refractivity contribution in [2.75, 3.05) is 7.11 Å². The maximum Gasteiger partial charge on any atom is 0.161 e. The van der Waals surface area contributed by atoms with Gasteiger partial charge in [0.15, 0.2) is 25.8 Å². The van der Waals surface area contributed by atoms with Crippen LogP contribution in [0.3, 0.4) is 0 Å². The lowest BCUT2D eigenvalue weighted by Crippen LogP contribution is -2.39. The van der Waals surface area contributed by atoms with Crippen LogP contribution in [0.15, 0.2) is 16.6 Å². The lowest BCUT2D eigenvalue weighted by molar-refractivity contribution is -0.0439. The molecule has 118 valence electrons. The van der Waals surface area contributed by atoms with Gasteiger partial charge < -0.3 is 13.6 Å². The monoisotopic (exact) mass is 390 g/mol. The Balaban J connectivity index is 3.33. The summed E-state index contributed by atoms with van der Waals surface area (Å²) >= 11 is 3.44. The van der Waals surface area contributed by atoms with Crippen LogP contribution in [0.5, 0.6) is 5.75 Å². The average molecular weight is 391 g/mol. The van der Waals surface area contributed by atoms with E-state index < -0.39 is 19.5 Å². The number of benzene rings is 1. The van der Waals surface area contributed by atoms with Crippen LogP contribution in [0.25, 0.3) is 0 Å². The normalized spacial score (nSPS) is 14.2. The fourth-order valence-electron chi connectivity index (χ4n) is 2.23. The molecule has 0 aliphatic heterocycles. The molecule has 0 saturated heterocycles. The van der Waals surface area contributed by atoms with Crippen LogP contribution in [-0.2, 0) is 14.3 Å². The van der Waals surface area contributed by atoms with Crippen molar-refractivity contribution >= 4 is 41.7 Å². The molecule has 0 aromatic heterocycles. The molecule has 1 aromatic carbocycles. The van der Waals surface area contributed by atoms with Crippen molar-refractivity contribution in [1.29, 1.82) is 0 Å². The first-order valence-corrected chi connectivity index (χ1v) is 11.8. The Labute approximate surface area is 139 Å². The summed E-state index contributed by atoms with van der Waals surface area (Å²) in [5.41, 5.74) is 1.18. The van der Waals surface area contributed by atoms with E-state index in [2.05, 4.69) is 42.9 Å². The SMILES string of the molecule is COc1cc(C=O)c(Br)cc1C(C)(C)C(O[SiH2]C)O[SiH2]C. The smallest absolute Gasteiger partial charge is 0.161 e. The summed E-state index contributed by atoms with van der Waals surface area (Å²) in [5.74, 6) is 0.679. The summed E-state index contributed by atoms with van der Waals surface area (Å²) in [4.78, 5) is 11.1. The summed E-state index contributed by atoms with van der Waals surface area (Å²) in [6.07, 6.45) is 0.542. The van der Waals surface area contributed by atoms with E-state index in [1.807, 2.05) is 6.07 Å². The molecule has 0 N–H and O–H groups in total. The van der Waals surface area contributed by atoms with E-state index in [1.54, 1.807) is 13.2 Å². The number of carbonyl (C=O) groups is 1. The number of rotatable bonds is 8. The Hall–Kier alpha value is -0.476. The van der Waals surface area contributed by atoms with E-state index in [0.717, 1.165) is 16.3 Å². The second kappa shape index (κ2) is 8.23. The molecular weight excluding hydrogens is 368 g/mol. The van der Waals surface area contributed by atoms with Crippen LogP contribution in [0.1, 0.15) is 29.8 Å². The zero-order chi connectivity index (χ0) is 16.0. The number of carbonyl (C=O) groups excluding carboxylic acids is 1. The van der Waals surface area contributed by atoms with E-state index in [9.17, 15) is 4.79 Å². The number of hydrogen-bond donors (Lipinski definition) is 0. The van der Waals surface area contributed by atoms with E-state index in [4.69, 9.17) is 13.6 Å². The number of hydrogen-bond acceptors (Lipinski definition) is 4. The molecule has 0 atom stereocenters. The Morgan fingerprint density at radius 1 is 1.24 bits per heavy atom.